The van der Waals surface area contributed by atoms with Crippen LogP contribution in [-0.2, 0) is 10.0 Å². The van der Waals surface area contributed by atoms with E-state index in [0.29, 0.717) is 25.2 Å². The van der Waals surface area contributed by atoms with Gasteiger partial charge in [0.15, 0.2) is 11.6 Å². The summed E-state index contributed by atoms with van der Waals surface area (Å²) >= 11 is 0. The number of nitro benzene ring substituents is 1. The molecular formula is C12H15F2N3O4S. The zero-order valence-corrected chi connectivity index (χ0v) is 12.6. The summed E-state index contributed by atoms with van der Waals surface area (Å²) in [5.41, 5.74) is -1.10. The minimum absolute atomic E-state index is 0.0127. The summed E-state index contributed by atoms with van der Waals surface area (Å²) in [6.07, 6.45) is 0. The zero-order chi connectivity index (χ0) is 16.5. The lowest BCUT2D eigenvalue weighted by Gasteiger charge is -2.38. The van der Waals surface area contributed by atoms with Crippen molar-refractivity contribution in [3.63, 3.8) is 0 Å². The van der Waals surface area contributed by atoms with Crippen LogP contribution in [0.1, 0.15) is 6.92 Å². The lowest BCUT2D eigenvalue weighted by molar-refractivity contribution is -0.385. The van der Waals surface area contributed by atoms with Crippen molar-refractivity contribution in [1.82, 2.24) is 4.31 Å². The quantitative estimate of drug-likeness (QED) is 0.629. The summed E-state index contributed by atoms with van der Waals surface area (Å²) in [6, 6.07) is 1.28. The number of nitrogens with one attached hydrogen (secondary N) is 1. The van der Waals surface area contributed by atoms with Gasteiger partial charge in [-0.1, -0.05) is 0 Å². The molecule has 22 heavy (non-hydrogen) atoms. The molecule has 0 radical (unpaired) electrons. The van der Waals surface area contributed by atoms with Crippen molar-refractivity contribution in [1.29, 1.82) is 0 Å². The first-order valence-electron chi connectivity index (χ1n) is 6.59. The SMILES string of the molecule is CCS(=O)(=O)N1CC(CNc2c(F)cc([N+](=O)[O-])cc2F)C1. The first kappa shape index (κ1) is 16.6. The number of halogens is 2. The van der Waals surface area contributed by atoms with Crippen molar-refractivity contribution in [3.8, 4) is 0 Å². The Morgan fingerprint density at radius 3 is 2.36 bits per heavy atom. The fraction of sp³-hybridized carbons (Fsp3) is 0.500. The molecule has 0 amide bonds. The maximum Gasteiger partial charge on any atom is 0.275 e. The van der Waals surface area contributed by atoms with E-state index in [1.807, 2.05) is 0 Å². The van der Waals surface area contributed by atoms with Crippen LogP contribution in [0.2, 0.25) is 0 Å². The van der Waals surface area contributed by atoms with Crippen LogP contribution in [0.4, 0.5) is 20.2 Å². The molecule has 0 unspecified atom stereocenters. The Kier molecular flexibility index (Phi) is 4.61. The van der Waals surface area contributed by atoms with E-state index >= 15 is 0 Å². The number of hydrogen-bond acceptors (Lipinski definition) is 5. The Morgan fingerprint density at radius 2 is 1.91 bits per heavy atom. The second-order valence-corrected chi connectivity index (χ2v) is 7.26. The molecule has 1 aromatic rings. The van der Waals surface area contributed by atoms with Crippen LogP contribution in [0.5, 0.6) is 0 Å². The smallest absolute Gasteiger partial charge is 0.275 e. The normalized spacial score (nSPS) is 16.3. The Balaban J connectivity index is 1.96. The Hall–Kier alpha value is -1.81. The summed E-state index contributed by atoms with van der Waals surface area (Å²) in [5.74, 6) is -2.15. The molecule has 1 saturated heterocycles. The maximum absolute atomic E-state index is 13.7. The molecule has 0 spiro atoms. The van der Waals surface area contributed by atoms with Gasteiger partial charge in [0, 0.05) is 25.6 Å². The molecule has 1 N–H and O–H groups in total. The third kappa shape index (κ3) is 3.33. The van der Waals surface area contributed by atoms with Gasteiger partial charge in [0.2, 0.25) is 10.0 Å². The molecule has 0 bridgehead atoms. The van der Waals surface area contributed by atoms with E-state index in [9.17, 15) is 27.3 Å². The van der Waals surface area contributed by atoms with Crippen LogP contribution in [0.25, 0.3) is 0 Å². The number of rotatable bonds is 6. The molecule has 1 heterocycles. The fourth-order valence-electron chi connectivity index (χ4n) is 2.14. The predicted molar refractivity (Wildman–Crippen MR) is 76.0 cm³/mol. The molecule has 7 nitrogen and oxygen atoms in total. The first-order chi connectivity index (χ1) is 10.2. The number of benzene rings is 1. The van der Waals surface area contributed by atoms with Gasteiger partial charge in [-0.05, 0) is 6.92 Å². The van der Waals surface area contributed by atoms with Crippen molar-refractivity contribution < 1.29 is 22.1 Å². The standard InChI is InChI=1S/C12H15F2N3O4S/c1-2-22(20,21)16-6-8(7-16)5-15-12-10(13)3-9(17(18)19)4-11(12)14/h3-4,8,15H,2,5-7H2,1H3. The molecule has 0 aromatic heterocycles. The van der Waals surface area contributed by atoms with Crippen LogP contribution in [0.3, 0.4) is 0 Å². The largest absolute Gasteiger partial charge is 0.380 e. The lowest BCUT2D eigenvalue weighted by Crippen LogP contribution is -2.52. The van der Waals surface area contributed by atoms with Crippen LogP contribution in [0.15, 0.2) is 12.1 Å². The van der Waals surface area contributed by atoms with Crippen molar-refractivity contribution >= 4 is 21.4 Å². The molecule has 0 aliphatic carbocycles. The average molecular weight is 335 g/mol. The van der Waals surface area contributed by atoms with E-state index in [4.69, 9.17) is 0 Å². The number of nitrogens with zero attached hydrogens (tertiary/aromatic N) is 2. The highest BCUT2D eigenvalue weighted by Gasteiger charge is 2.34. The van der Waals surface area contributed by atoms with Crippen molar-refractivity contribution in [2.75, 3.05) is 30.7 Å². The fourth-order valence-corrected chi connectivity index (χ4v) is 3.38. The topological polar surface area (TPSA) is 92.6 Å². The molecule has 1 aromatic carbocycles. The minimum atomic E-state index is -3.23. The second-order valence-electron chi connectivity index (χ2n) is 5.01. The molecule has 0 saturated carbocycles. The molecule has 122 valence electrons. The number of non-ortho nitro benzene ring substituents is 1. The van der Waals surface area contributed by atoms with Gasteiger partial charge in [0.25, 0.3) is 5.69 Å². The molecule has 10 heteroatoms. The van der Waals surface area contributed by atoms with Crippen molar-refractivity contribution in [2.24, 2.45) is 5.92 Å². The molecule has 1 aliphatic heterocycles. The lowest BCUT2D eigenvalue weighted by atomic mass is 10.0. The van der Waals surface area contributed by atoms with Crippen LogP contribution in [-0.4, -0.2) is 43.0 Å². The van der Waals surface area contributed by atoms with Gasteiger partial charge < -0.3 is 5.32 Å². The predicted octanol–water partition coefficient (Wildman–Crippen LogP) is 1.57. The van der Waals surface area contributed by atoms with Gasteiger partial charge in [-0.3, -0.25) is 10.1 Å². The number of anilines is 1. The van der Waals surface area contributed by atoms with Gasteiger partial charge in [0.05, 0.1) is 22.8 Å². The number of nitro groups is 1. The Bertz CT molecular complexity index is 667. The third-order valence-electron chi connectivity index (χ3n) is 3.49. The summed E-state index contributed by atoms with van der Waals surface area (Å²) in [6.45, 7) is 2.31. The van der Waals surface area contributed by atoms with Gasteiger partial charge in [-0.2, -0.15) is 0 Å². The minimum Gasteiger partial charge on any atom is -0.380 e. The summed E-state index contributed by atoms with van der Waals surface area (Å²) < 4.78 is 51.7. The van der Waals surface area contributed by atoms with Gasteiger partial charge in [0.1, 0.15) is 5.69 Å². The maximum atomic E-state index is 13.7. The van der Waals surface area contributed by atoms with Crippen molar-refractivity contribution in [2.45, 2.75) is 6.92 Å². The highest BCUT2D eigenvalue weighted by atomic mass is 32.2. The Labute approximate surface area is 126 Å². The van der Waals surface area contributed by atoms with Gasteiger partial charge >= 0.3 is 0 Å². The monoisotopic (exact) mass is 335 g/mol. The molecule has 1 fully saturated rings. The van der Waals surface area contributed by atoms with Gasteiger partial charge in [-0.25, -0.2) is 21.5 Å². The first-order valence-corrected chi connectivity index (χ1v) is 8.20. The number of sulfonamides is 1. The molecule has 1 aliphatic rings. The average Bonchev–Trinajstić information content (AvgIpc) is 2.38. The Morgan fingerprint density at radius 1 is 1.36 bits per heavy atom. The highest BCUT2D eigenvalue weighted by molar-refractivity contribution is 7.89. The van der Waals surface area contributed by atoms with E-state index in [1.165, 1.54) is 4.31 Å². The van der Waals surface area contributed by atoms with E-state index in [-0.39, 0.29) is 18.2 Å². The molecule has 0 atom stereocenters. The van der Waals surface area contributed by atoms with Crippen LogP contribution < -0.4 is 5.32 Å². The van der Waals surface area contributed by atoms with E-state index < -0.39 is 38.0 Å². The molecule has 2 rings (SSSR count). The third-order valence-corrected chi connectivity index (χ3v) is 5.30. The van der Waals surface area contributed by atoms with Crippen molar-refractivity contribution in [3.05, 3.63) is 33.9 Å². The second kappa shape index (κ2) is 6.13. The van der Waals surface area contributed by atoms with Gasteiger partial charge in [-0.15, -0.1) is 0 Å². The zero-order valence-electron chi connectivity index (χ0n) is 11.8. The summed E-state index contributed by atoms with van der Waals surface area (Å²) in [5, 5.41) is 13.0. The highest BCUT2D eigenvalue weighted by Crippen LogP contribution is 2.26. The van der Waals surface area contributed by atoms with Crippen LogP contribution >= 0.6 is 0 Å². The van der Waals surface area contributed by atoms with E-state index in [0.717, 1.165) is 0 Å². The summed E-state index contributed by atoms with van der Waals surface area (Å²) in [4.78, 5) is 9.61. The number of hydrogen-bond donors (Lipinski definition) is 1. The van der Waals surface area contributed by atoms with E-state index in [1.54, 1.807) is 6.92 Å². The summed E-state index contributed by atoms with van der Waals surface area (Å²) in [7, 11) is -3.23. The van der Waals surface area contributed by atoms with Crippen LogP contribution in [0, 0.1) is 27.7 Å². The molecular weight excluding hydrogens is 320 g/mol. The van der Waals surface area contributed by atoms with E-state index in [2.05, 4.69) is 5.32 Å².